The molecular weight excluding hydrogens is 290 g/mol. The first-order chi connectivity index (χ1) is 9.92. The maximum absolute atomic E-state index is 12.5. The number of hydrogen-bond donors (Lipinski definition) is 2. The van der Waals surface area contributed by atoms with Gasteiger partial charge in [-0.25, -0.2) is 0 Å². The summed E-state index contributed by atoms with van der Waals surface area (Å²) in [5.41, 5.74) is 5.90. The van der Waals surface area contributed by atoms with Gasteiger partial charge >= 0.3 is 0 Å². The number of rotatable bonds is 5. The summed E-state index contributed by atoms with van der Waals surface area (Å²) in [5.74, 6) is -0.713. The normalized spacial score (nSPS) is 21.9. The van der Waals surface area contributed by atoms with Crippen molar-refractivity contribution in [1.82, 2.24) is 9.03 Å². The second-order valence-electron chi connectivity index (χ2n) is 5.32. The second kappa shape index (κ2) is 6.55. The lowest BCUT2D eigenvalue weighted by Crippen LogP contribution is -2.50. The average Bonchev–Trinajstić information content (AvgIpc) is 2.46. The molecule has 0 bridgehead atoms. The SMILES string of the molecule is CC1CCCCN1S(=O)(=O)NC(C(N)=O)c1ccccc1. The quantitative estimate of drug-likeness (QED) is 0.847. The molecule has 2 unspecified atom stereocenters. The number of nitrogens with one attached hydrogen (secondary N) is 1. The lowest BCUT2D eigenvalue weighted by molar-refractivity contribution is -0.119. The summed E-state index contributed by atoms with van der Waals surface area (Å²) in [6.45, 7) is 2.34. The summed E-state index contributed by atoms with van der Waals surface area (Å²) < 4.78 is 28.8. The molecule has 3 N–H and O–H groups in total. The Balaban J connectivity index is 2.22. The van der Waals surface area contributed by atoms with E-state index in [1.165, 1.54) is 4.31 Å². The molecule has 21 heavy (non-hydrogen) atoms. The number of primary amides is 1. The molecule has 116 valence electrons. The van der Waals surface area contributed by atoms with Gasteiger partial charge in [0.1, 0.15) is 6.04 Å². The van der Waals surface area contributed by atoms with Gasteiger partial charge in [0.05, 0.1) is 0 Å². The molecule has 0 aromatic heterocycles. The van der Waals surface area contributed by atoms with Gasteiger partial charge < -0.3 is 5.73 Å². The number of carbonyl (C=O) groups excluding carboxylic acids is 1. The summed E-state index contributed by atoms with van der Waals surface area (Å²) >= 11 is 0. The van der Waals surface area contributed by atoms with Gasteiger partial charge in [-0.1, -0.05) is 36.8 Å². The summed E-state index contributed by atoms with van der Waals surface area (Å²) in [6.07, 6.45) is 2.68. The first-order valence-electron chi connectivity index (χ1n) is 7.05. The lowest BCUT2D eigenvalue weighted by Gasteiger charge is -2.33. The number of nitrogens with two attached hydrogens (primary N) is 1. The van der Waals surface area contributed by atoms with Crippen LogP contribution >= 0.6 is 0 Å². The molecule has 0 spiro atoms. The van der Waals surface area contributed by atoms with E-state index in [4.69, 9.17) is 5.73 Å². The van der Waals surface area contributed by atoms with Gasteiger partial charge in [-0.2, -0.15) is 17.4 Å². The maximum Gasteiger partial charge on any atom is 0.280 e. The van der Waals surface area contributed by atoms with E-state index in [1.54, 1.807) is 30.3 Å². The first-order valence-corrected chi connectivity index (χ1v) is 8.49. The molecule has 1 fully saturated rings. The minimum Gasteiger partial charge on any atom is -0.368 e. The number of carbonyl (C=O) groups is 1. The van der Waals surface area contributed by atoms with Gasteiger partial charge in [-0.3, -0.25) is 4.79 Å². The summed E-state index contributed by atoms with van der Waals surface area (Å²) in [7, 11) is -3.74. The summed E-state index contributed by atoms with van der Waals surface area (Å²) in [5, 5.41) is 0. The van der Waals surface area contributed by atoms with Crippen LogP contribution in [-0.2, 0) is 15.0 Å². The van der Waals surface area contributed by atoms with Crippen LogP contribution in [0.15, 0.2) is 30.3 Å². The molecular formula is C14H21N3O3S. The first kappa shape index (κ1) is 15.9. The van der Waals surface area contributed by atoms with Crippen LogP contribution in [0.1, 0.15) is 37.8 Å². The van der Waals surface area contributed by atoms with Crippen molar-refractivity contribution in [1.29, 1.82) is 0 Å². The molecule has 2 rings (SSSR count). The molecule has 7 heteroatoms. The van der Waals surface area contributed by atoms with Crippen molar-refractivity contribution in [2.75, 3.05) is 6.54 Å². The number of benzene rings is 1. The summed E-state index contributed by atoms with van der Waals surface area (Å²) in [6, 6.07) is 7.51. The monoisotopic (exact) mass is 311 g/mol. The Bertz CT molecular complexity index is 589. The largest absolute Gasteiger partial charge is 0.368 e. The van der Waals surface area contributed by atoms with Crippen LogP contribution in [0.25, 0.3) is 0 Å². The van der Waals surface area contributed by atoms with Gasteiger partial charge in [0.2, 0.25) is 5.91 Å². The Morgan fingerprint density at radius 3 is 2.57 bits per heavy atom. The zero-order chi connectivity index (χ0) is 15.5. The van der Waals surface area contributed by atoms with E-state index in [2.05, 4.69) is 4.72 Å². The van der Waals surface area contributed by atoms with Crippen molar-refractivity contribution in [3.63, 3.8) is 0 Å². The molecule has 1 saturated heterocycles. The molecule has 2 atom stereocenters. The molecule has 1 heterocycles. The van der Waals surface area contributed by atoms with Gasteiger partial charge in [0.15, 0.2) is 0 Å². The van der Waals surface area contributed by atoms with E-state index < -0.39 is 22.2 Å². The van der Waals surface area contributed by atoms with Crippen molar-refractivity contribution in [2.45, 2.75) is 38.3 Å². The van der Waals surface area contributed by atoms with Crippen LogP contribution in [0.5, 0.6) is 0 Å². The van der Waals surface area contributed by atoms with Gasteiger partial charge in [0, 0.05) is 12.6 Å². The number of piperidine rings is 1. The third-order valence-corrected chi connectivity index (χ3v) is 5.43. The van der Waals surface area contributed by atoms with E-state index in [9.17, 15) is 13.2 Å². The molecule has 1 aliphatic rings. The van der Waals surface area contributed by atoms with Crippen LogP contribution in [0, 0.1) is 0 Å². The minimum absolute atomic E-state index is 0.0689. The molecule has 1 aromatic rings. The summed E-state index contributed by atoms with van der Waals surface area (Å²) in [4.78, 5) is 11.6. The van der Waals surface area contributed by atoms with Crippen LogP contribution < -0.4 is 10.5 Å². The molecule has 6 nitrogen and oxygen atoms in total. The van der Waals surface area contributed by atoms with Gasteiger partial charge in [0.25, 0.3) is 10.2 Å². The Labute approximate surface area is 125 Å². The van der Waals surface area contributed by atoms with Crippen molar-refractivity contribution >= 4 is 16.1 Å². The van der Waals surface area contributed by atoms with E-state index in [0.29, 0.717) is 12.1 Å². The van der Waals surface area contributed by atoms with E-state index in [0.717, 1.165) is 19.3 Å². The molecule has 1 aromatic carbocycles. The molecule has 0 aliphatic carbocycles. The Kier molecular flexibility index (Phi) is 4.97. The third-order valence-electron chi connectivity index (χ3n) is 3.73. The van der Waals surface area contributed by atoms with Gasteiger partial charge in [-0.15, -0.1) is 0 Å². The standard InChI is InChI=1S/C14H21N3O3S/c1-11-7-5-6-10-17(11)21(19,20)16-13(14(15)18)12-8-3-2-4-9-12/h2-4,8-9,11,13,16H,5-7,10H2,1H3,(H2,15,18). The fraction of sp³-hybridized carbons (Fsp3) is 0.500. The number of nitrogens with zero attached hydrogens (tertiary/aromatic N) is 1. The van der Waals surface area contributed by atoms with E-state index in [1.807, 2.05) is 6.92 Å². The van der Waals surface area contributed by atoms with E-state index >= 15 is 0 Å². The molecule has 0 saturated carbocycles. The number of amides is 1. The highest BCUT2D eigenvalue weighted by Crippen LogP contribution is 2.21. The van der Waals surface area contributed by atoms with Crippen molar-refractivity contribution in [2.24, 2.45) is 5.73 Å². The Morgan fingerprint density at radius 2 is 2.00 bits per heavy atom. The van der Waals surface area contributed by atoms with Crippen LogP contribution in [0.2, 0.25) is 0 Å². The van der Waals surface area contributed by atoms with Gasteiger partial charge in [-0.05, 0) is 25.3 Å². The predicted molar refractivity (Wildman–Crippen MR) is 80.5 cm³/mol. The van der Waals surface area contributed by atoms with Crippen molar-refractivity contribution < 1.29 is 13.2 Å². The van der Waals surface area contributed by atoms with E-state index in [-0.39, 0.29) is 6.04 Å². The van der Waals surface area contributed by atoms with Crippen LogP contribution in [0.4, 0.5) is 0 Å². The Hall–Kier alpha value is -1.44. The topological polar surface area (TPSA) is 92.5 Å². The minimum atomic E-state index is -3.74. The average molecular weight is 311 g/mol. The van der Waals surface area contributed by atoms with Crippen molar-refractivity contribution in [3.05, 3.63) is 35.9 Å². The van der Waals surface area contributed by atoms with Crippen molar-refractivity contribution in [3.8, 4) is 0 Å². The second-order valence-corrected chi connectivity index (χ2v) is 6.98. The maximum atomic E-state index is 12.5. The number of hydrogen-bond acceptors (Lipinski definition) is 3. The zero-order valence-corrected chi connectivity index (χ0v) is 12.8. The fourth-order valence-corrected chi connectivity index (χ4v) is 4.22. The lowest BCUT2D eigenvalue weighted by atomic mass is 10.1. The smallest absolute Gasteiger partial charge is 0.280 e. The zero-order valence-electron chi connectivity index (χ0n) is 12.0. The predicted octanol–water partition coefficient (Wildman–Crippen LogP) is 0.922. The fourth-order valence-electron chi connectivity index (χ4n) is 2.58. The highest BCUT2D eigenvalue weighted by atomic mass is 32.2. The van der Waals surface area contributed by atoms with Crippen LogP contribution in [-0.4, -0.2) is 31.2 Å². The molecule has 1 aliphatic heterocycles. The third kappa shape index (κ3) is 3.81. The highest BCUT2D eigenvalue weighted by molar-refractivity contribution is 7.87. The molecule has 0 radical (unpaired) electrons. The molecule has 1 amide bonds. The van der Waals surface area contributed by atoms with Crippen LogP contribution in [0.3, 0.4) is 0 Å². The highest BCUT2D eigenvalue weighted by Gasteiger charge is 2.33. The Morgan fingerprint density at radius 1 is 1.33 bits per heavy atom.